The summed E-state index contributed by atoms with van der Waals surface area (Å²) < 4.78 is 21.4. The highest BCUT2D eigenvalue weighted by Crippen LogP contribution is 2.44. The van der Waals surface area contributed by atoms with Crippen LogP contribution in [0.1, 0.15) is 43.4 Å². The van der Waals surface area contributed by atoms with E-state index in [0.29, 0.717) is 17.4 Å². The number of amides is 2. The number of nitrogens with zero attached hydrogens (tertiary/aromatic N) is 4. The van der Waals surface area contributed by atoms with Crippen molar-refractivity contribution in [3.05, 3.63) is 59.7 Å². The molecule has 1 saturated heterocycles. The number of rotatable bonds is 5. The molecule has 1 atom stereocenters. The van der Waals surface area contributed by atoms with Gasteiger partial charge in [-0.2, -0.15) is 5.10 Å². The van der Waals surface area contributed by atoms with Crippen molar-refractivity contribution in [2.75, 3.05) is 18.8 Å². The van der Waals surface area contributed by atoms with Crippen LogP contribution in [0.15, 0.2) is 42.6 Å². The van der Waals surface area contributed by atoms with Gasteiger partial charge < -0.3 is 20.7 Å². The first-order valence-corrected chi connectivity index (χ1v) is 12.3. The van der Waals surface area contributed by atoms with Crippen molar-refractivity contribution in [3.63, 3.8) is 0 Å². The Morgan fingerprint density at radius 2 is 2.09 bits per heavy atom. The number of halogens is 1. The van der Waals surface area contributed by atoms with Gasteiger partial charge in [0.1, 0.15) is 12.4 Å². The van der Waals surface area contributed by atoms with Gasteiger partial charge >= 0.3 is 6.03 Å². The highest BCUT2D eigenvalue weighted by Gasteiger charge is 2.47. The van der Waals surface area contributed by atoms with E-state index in [0.717, 1.165) is 56.6 Å². The summed E-state index contributed by atoms with van der Waals surface area (Å²) in [5.74, 6) is 0.407. The molecule has 1 spiro atoms. The maximum atomic E-state index is 13.5. The van der Waals surface area contributed by atoms with Crippen molar-refractivity contribution in [1.29, 1.82) is 0 Å². The van der Waals surface area contributed by atoms with E-state index in [1.54, 1.807) is 18.3 Å². The van der Waals surface area contributed by atoms with Crippen LogP contribution in [0.25, 0.3) is 11.3 Å². The van der Waals surface area contributed by atoms with E-state index < -0.39 is 0 Å². The zero-order valence-electron chi connectivity index (χ0n) is 19.5. The third-order valence-electron chi connectivity index (χ3n) is 7.66. The number of benzene rings is 1. The van der Waals surface area contributed by atoms with Crippen LogP contribution in [-0.4, -0.2) is 44.8 Å². The van der Waals surface area contributed by atoms with Crippen LogP contribution in [0, 0.1) is 5.82 Å². The molecule has 3 N–H and O–H groups in total. The van der Waals surface area contributed by atoms with Gasteiger partial charge in [-0.1, -0.05) is 12.1 Å². The number of fused-ring (bicyclic) bond motifs is 2. The Morgan fingerprint density at radius 3 is 2.89 bits per heavy atom. The molecule has 3 aliphatic rings. The smallest absolute Gasteiger partial charge is 0.317 e. The molecule has 0 bridgehead atoms. The van der Waals surface area contributed by atoms with Crippen molar-refractivity contribution in [2.45, 2.75) is 56.7 Å². The first kappa shape index (κ1) is 21.9. The molecule has 1 saturated carbocycles. The Balaban J connectivity index is 1.19. The molecule has 182 valence electrons. The SMILES string of the molecule is Nc1ncc(-c2cc3n(n2)CC[C@@]32CCN(C(=O)NC3CCC3)C2)cc1OCc1cccc(F)c1. The van der Waals surface area contributed by atoms with Gasteiger partial charge in [-0.3, -0.25) is 4.68 Å². The zero-order valence-corrected chi connectivity index (χ0v) is 19.5. The molecule has 3 aromatic rings. The van der Waals surface area contributed by atoms with Crippen molar-refractivity contribution >= 4 is 11.8 Å². The van der Waals surface area contributed by atoms with E-state index in [1.165, 1.54) is 24.2 Å². The number of nitrogens with one attached hydrogen (secondary N) is 1. The van der Waals surface area contributed by atoms with Crippen molar-refractivity contribution in [1.82, 2.24) is 25.0 Å². The molecule has 1 aromatic carbocycles. The third-order valence-corrected chi connectivity index (χ3v) is 7.66. The molecule has 1 aliphatic carbocycles. The topological polar surface area (TPSA) is 98.3 Å². The lowest BCUT2D eigenvalue weighted by molar-refractivity contribution is 0.193. The van der Waals surface area contributed by atoms with E-state index in [1.807, 2.05) is 11.0 Å². The minimum atomic E-state index is -0.307. The van der Waals surface area contributed by atoms with Gasteiger partial charge in [0.25, 0.3) is 0 Å². The summed E-state index contributed by atoms with van der Waals surface area (Å²) in [5.41, 5.74) is 9.48. The average Bonchev–Trinajstić information content (AvgIpc) is 3.53. The number of aryl methyl sites for hydroxylation is 1. The Bertz CT molecular complexity index is 1270. The van der Waals surface area contributed by atoms with Crippen molar-refractivity contribution in [2.24, 2.45) is 0 Å². The standard InChI is InChI=1S/C26H29FN6O2/c27-19-4-1-3-17(11-19)15-35-22-12-18(14-29-24(22)28)21-13-23-26(8-10-33(23)31-21)7-9-32(16-26)25(34)30-20-5-2-6-20/h1,3-4,11-14,20H,2,5-10,15-16H2,(H2,28,29)(H,30,34)/t26-/m1/s1. The van der Waals surface area contributed by atoms with Crippen LogP contribution in [0.4, 0.5) is 15.0 Å². The molecule has 6 rings (SSSR count). The number of hydrogen-bond donors (Lipinski definition) is 2. The van der Waals surface area contributed by atoms with Gasteiger partial charge in [0.15, 0.2) is 11.6 Å². The number of urea groups is 1. The first-order chi connectivity index (χ1) is 17.0. The minimum absolute atomic E-state index is 0.0554. The second-order valence-corrected chi connectivity index (χ2v) is 9.94. The van der Waals surface area contributed by atoms with Gasteiger partial charge in [-0.05, 0) is 61.9 Å². The molecule has 4 heterocycles. The van der Waals surface area contributed by atoms with Gasteiger partial charge in [0.05, 0.1) is 5.69 Å². The number of ether oxygens (including phenoxy) is 1. The Morgan fingerprint density at radius 1 is 1.23 bits per heavy atom. The maximum absolute atomic E-state index is 13.5. The fourth-order valence-corrected chi connectivity index (χ4v) is 5.38. The quantitative estimate of drug-likeness (QED) is 0.583. The van der Waals surface area contributed by atoms with E-state index in [-0.39, 0.29) is 29.7 Å². The fraction of sp³-hybridized carbons (Fsp3) is 0.423. The maximum Gasteiger partial charge on any atom is 0.317 e. The largest absolute Gasteiger partial charge is 0.485 e. The van der Waals surface area contributed by atoms with Gasteiger partial charge in [0.2, 0.25) is 0 Å². The van der Waals surface area contributed by atoms with Crippen molar-refractivity contribution in [3.8, 4) is 17.0 Å². The monoisotopic (exact) mass is 476 g/mol. The number of carbonyl (C=O) groups excluding carboxylic acids is 1. The van der Waals surface area contributed by atoms with Crippen LogP contribution in [0.2, 0.25) is 0 Å². The van der Waals surface area contributed by atoms with Gasteiger partial charge in [0, 0.05) is 48.5 Å². The van der Waals surface area contributed by atoms with Crippen LogP contribution >= 0.6 is 0 Å². The summed E-state index contributed by atoms with van der Waals surface area (Å²) in [6, 6.07) is 10.6. The summed E-state index contributed by atoms with van der Waals surface area (Å²) in [4.78, 5) is 19.0. The molecule has 35 heavy (non-hydrogen) atoms. The highest BCUT2D eigenvalue weighted by molar-refractivity contribution is 5.75. The Hall–Kier alpha value is -3.62. The number of aromatic nitrogens is 3. The summed E-state index contributed by atoms with van der Waals surface area (Å²) >= 11 is 0. The molecular formula is C26H29FN6O2. The number of nitrogens with two attached hydrogens (primary N) is 1. The summed E-state index contributed by atoms with van der Waals surface area (Å²) in [6.45, 7) is 2.51. The molecule has 0 radical (unpaired) electrons. The number of pyridine rings is 1. The minimum Gasteiger partial charge on any atom is -0.485 e. The Labute approximate surface area is 203 Å². The molecule has 2 fully saturated rings. The van der Waals surface area contributed by atoms with Crippen LogP contribution in [0.5, 0.6) is 5.75 Å². The third kappa shape index (κ3) is 4.09. The fourth-order valence-electron chi connectivity index (χ4n) is 5.38. The predicted molar refractivity (Wildman–Crippen MR) is 129 cm³/mol. The lowest BCUT2D eigenvalue weighted by Gasteiger charge is -2.30. The van der Waals surface area contributed by atoms with E-state index in [2.05, 4.69) is 21.0 Å². The van der Waals surface area contributed by atoms with Crippen LogP contribution in [0.3, 0.4) is 0 Å². The van der Waals surface area contributed by atoms with Crippen LogP contribution in [-0.2, 0) is 18.6 Å². The second-order valence-electron chi connectivity index (χ2n) is 9.94. The summed E-state index contributed by atoms with van der Waals surface area (Å²) in [5, 5.41) is 8.00. The molecule has 2 aromatic heterocycles. The molecule has 2 amide bonds. The van der Waals surface area contributed by atoms with Crippen LogP contribution < -0.4 is 15.8 Å². The second kappa shape index (κ2) is 8.55. The predicted octanol–water partition coefficient (Wildman–Crippen LogP) is 3.85. The summed E-state index contributed by atoms with van der Waals surface area (Å²) in [7, 11) is 0. The highest BCUT2D eigenvalue weighted by atomic mass is 19.1. The average molecular weight is 477 g/mol. The number of hydrogen-bond acceptors (Lipinski definition) is 5. The molecular weight excluding hydrogens is 447 g/mol. The normalized spacial score (nSPS) is 21.2. The molecule has 8 nitrogen and oxygen atoms in total. The van der Waals surface area contributed by atoms with Crippen molar-refractivity contribution < 1.29 is 13.9 Å². The van der Waals surface area contributed by atoms with E-state index in [9.17, 15) is 9.18 Å². The Kier molecular flexibility index (Phi) is 5.35. The zero-order chi connectivity index (χ0) is 24.0. The lowest BCUT2D eigenvalue weighted by atomic mass is 9.82. The first-order valence-electron chi connectivity index (χ1n) is 12.3. The van der Waals surface area contributed by atoms with E-state index >= 15 is 0 Å². The number of carbonyl (C=O) groups is 1. The molecule has 0 unspecified atom stereocenters. The lowest BCUT2D eigenvalue weighted by Crippen LogP contribution is -2.47. The van der Waals surface area contributed by atoms with Gasteiger partial charge in [-0.15, -0.1) is 0 Å². The number of anilines is 1. The van der Waals surface area contributed by atoms with E-state index in [4.69, 9.17) is 15.6 Å². The molecule has 9 heteroatoms. The number of likely N-dealkylation sites (tertiary alicyclic amines) is 1. The molecule has 2 aliphatic heterocycles. The van der Waals surface area contributed by atoms with Gasteiger partial charge in [-0.25, -0.2) is 14.2 Å². The summed E-state index contributed by atoms with van der Waals surface area (Å²) in [6.07, 6.45) is 7.01. The number of nitrogen functional groups attached to an aromatic ring is 1.